The summed E-state index contributed by atoms with van der Waals surface area (Å²) in [5.41, 5.74) is 0. The van der Waals surface area contributed by atoms with Crippen LogP contribution in [0.1, 0.15) is 6.92 Å². The second kappa shape index (κ2) is 4.93. The van der Waals surface area contributed by atoms with Crippen LogP contribution in [0.4, 0.5) is 0 Å². The topological polar surface area (TPSA) is 0 Å². The summed E-state index contributed by atoms with van der Waals surface area (Å²) in [6.45, 7) is 4.48. The van der Waals surface area contributed by atoms with E-state index < -0.39 is 0 Å². The third-order valence-corrected chi connectivity index (χ3v) is 2.59. The van der Waals surface area contributed by atoms with Gasteiger partial charge < -0.3 is 0 Å². The summed E-state index contributed by atoms with van der Waals surface area (Å²) in [6, 6.07) is 0. The Kier molecular flexibility index (Phi) is 5.48. The van der Waals surface area contributed by atoms with E-state index in [1.165, 1.54) is 6.16 Å². The largest absolute Gasteiger partial charge is 0.179 e. The van der Waals surface area contributed by atoms with Crippen LogP contribution < -0.4 is 0 Å². The van der Waals surface area contributed by atoms with E-state index in [1.807, 2.05) is 0 Å². The van der Waals surface area contributed by atoms with Gasteiger partial charge in [-0.1, -0.05) is 6.92 Å². The molecule has 0 aromatic heterocycles. The first kappa shape index (κ1) is 7.78. The molecule has 0 aromatic rings. The zero-order valence-electron chi connectivity index (χ0n) is 4.94. The highest BCUT2D eigenvalue weighted by Crippen LogP contribution is 2.10. The molecule has 0 saturated heterocycles. The molecule has 0 fully saturated rings. The fourth-order valence-corrected chi connectivity index (χ4v) is 1.63. The molecule has 0 heterocycles. The van der Waals surface area contributed by atoms with Gasteiger partial charge in [0.1, 0.15) is 0 Å². The molecule has 2 atom stereocenters. The average Bonchev–Trinajstić information content (AvgIpc) is 1.68. The summed E-state index contributed by atoms with van der Waals surface area (Å²) in [6.07, 6.45) is 1.35. The van der Waals surface area contributed by atoms with Gasteiger partial charge in [0, 0.05) is 0 Å². The van der Waals surface area contributed by atoms with Crippen molar-refractivity contribution in [2.45, 2.75) is 6.92 Å². The second-order valence-electron chi connectivity index (χ2n) is 1.85. The molecule has 44 valence electrons. The predicted molar refractivity (Wildman–Crippen MR) is 42.1 cm³/mol. The summed E-state index contributed by atoms with van der Waals surface area (Å²) >= 11 is 4.15. The lowest BCUT2D eigenvalue weighted by Crippen LogP contribution is -1.96. The maximum Gasteiger partial charge on any atom is -0.00689 e. The van der Waals surface area contributed by atoms with Gasteiger partial charge in [0.25, 0.3) is 0 Å². The van der Waals surface area contributed by atoms with Crippen LogP contribution >= 0.6 is 21.2 Å². The van der Waals surface area contributed by atoms with Crippen molar-refractivity contribution < 1.29 is 0 Å². The van der Waals surface area contributed by atoms with E-state index in [1.54, 1.807) is 0 Å². The highest BCUT2D eigenvalue weighted by Gasteiger charge is 1.93. The zero-order chi connectivity index (χ0) is 5.70. The summed E-state index contributed by atoms with van der Waals surface area (Å²) in [5, 5.41) is 0. The molecule has 0 N–H and O–H groups in total. The normalized spacial score (nSPS) is 15.9. The Bertz CT molecular complexity index is 39.1. The van der Waals surface area contributed by atoms with Crippen LogP contribution in [0.25, 0.3) is 0 Å². The average molecular weight is 136 g/mol. The highest BCUT2D eigenvalue weighted by molar-refractivity contribution is 7.80. The summed E-state index contributed by atoms with van der Waals surface area (Å²) in [5.74, 6) is 1.87. The van der Waals surface area contributed by atoms with E-state index >= 15 is 0 Å². The Morgan fingerprint density at radius 2 is 2.29 bits per heavy atom. The summed E-state index contributed by atoms with van der Waals surface area (Å²) < 4.78 is 0. The van der Waals surface area contributed by atoms with Crippen molar-refractivity contribution in [3.63, 3.8) is 0 Å². The molecule has 0 aromatic carbocycles. The summed E-state index contributed by atoms with van der Waals surface area (Å²) in [4.78, 5) is 0. The lowest BCUT2D eigenvalue weighted by molar-refractivity contribution is 0.765. The number of hydrogen-bond acceptors (Lipinski definition) is 1. The molecule has 0 aliphatic heterocycles. The van der Waals surface area contributed by atoms with Crippen LogP contribution in [0.2, 0.25) is 0 Å². The molecule has 0 aliphatic rings. The van der Waals surface area contributed by atoms with E-state index in [2.05, 4.69) is 26.2 Å². The zero-order valence-corrected chi connectivity index (χ0v) is 6.83. The van der Waals surface area contributed by atoms with Gasteiger partial charge >= 0.3 is 0 Å². The summed E-state index contributed by atoms with van der Waals surface area (Å²) in [7, 11) is 1.10. The number of hydrogen-bond donors (Lipinski definition) is 1. The first-order valence-electron chi connectivity index (χ1n) is 2.56. The van der Waals surface area contributed by atoms with E-state index in [-0.39, 0.29) is 0 Å². The molecule has 0 rings (SSSR count). The van der Waals surface area contributed by atoms with Crippen LogP contribution in [-0.4, -0.2) is 18.6 Å². The molecule has 0 nitrogen and oxygen atoms in total. The van der Waals surface area contributed by atoms with Crippen molar-refractivity contribution in [2.24, 2.45) is 5.92 Å². The Labute approximate surface area is 53.3 Å². The van der Waals surface area contributed by atoms with Gasteiger partial charge in [0.2, 0.25) is 0 Å². The van der Waals surface area contributed by atoms with Crippen molar-refractivity contribution in [1.82, 2.24) is 0 Å². The Morgan fingerprint density at radius 3 is 2.43 bits per heavy atom. The lowest BCUT2D eigenvalue weighted by atomic mass is 10.3. The van der Waals surface area contributed by atoms with Crippen molar-refractivity contribution in [2.75, 3.05) is 18.6 Å². The van der Waals surface area contributed by atoms with Crippen LogP contribution in [0, 0.1) is 5.92 Å². The molecule has 2 unspecified atom stereocenters. The smallest absolute Gasteiger partial charge is 0.00689 e. The fraction of sp³-hybridized carbons (Fsp3) is 1.00. The third kappa shape index (κ3) is 4.64. The minimum atomic E-state index is 0.826. The molecular formula is C5H13PS. The van der Waals surface area contributed by atoms with E-state index in [0.717, 1.165) is 20.3 Å². The van der Waals surface area contributed by atoms with Crippen molar-refractivity contribution >= 4 is 21.2 Å². The quantitative estimate of drug-likeness (QED) is 0.444. The number of rotatable bonds is 3. The number of thiol groups is 1. The Balaban J connectivity index is 2.83. The van der Waals surface area contributed by atoms with Gasteiger partial charge in [-0.3, -0.25) is 0 Å². The third-order valence-electron chi connectivity index (χ3n) is 0.864. The minimum absolute atomic E-state index is 0.826. The molecule has 0 amide bonds. The monoisotopic (exact) mass is 136 g/mol. The minimum Gasteiger partial charge on any atom is -0.179 e. The molecular weight excluding hydrogens is 123 g/mol. The van der Waals surface area contributed by atoms with Crippen molar-refractivity contribution in [3.05, 3.63) is 0 Å². The van der Waals surface area contributed by atoms with E-state index in [9.17, 15) is 0 Å². The lowest BCUT2D eigenvalue weighted by Gasteiger charge is -2.02. The van der Waals surface area contributed by atoms with Crippen molar-refractivity contribution in [1.29, 1.82) is 0 Å². The van der Waals surface area contributed by atoms with Crippen LogP contribution in [-0.2, 0) is 0 Å². The van der Waals surface area contributed by atoms with Gasteiger partial charge in [-0.25, -0.2) is 0 Å². The molecule has 0 spiro atoms. The van der Waals surface area contributed by atoms with Gasteiger partial charge in [-0.15, -0.1) is 8.58 Å². The molecule has 7 heavy (non-hydrogen) atoms. The molecule has 2 heteroatoms. The Morgan fingerprint density at radius 1 is 1.71 bits per heavy atom. The molecule has 0 bridgehead atoms. The van der Waals surface area contributed by atoms with Gasteiger partial charge in [0.15, 0.2) is 0 Å². The van der Waals surface area contributed by atoms with E-state index in [0.29, 0.717) is 0 Å². The SMILES string of the molecule is CPCC(C)CS. The van der Waals surface area contributed by atoms with Crippen LogP contribution in [0.15, 0.2) is 0 Å². The van der Waals surface area contributed by atoms with Crippen LogP contribution in [0.3, 0.4) is 0 Å². The van der Waals surface area contributed by atoms with Crippen molar-refractivity contribution in [3.8, 4) is 0 Å². The molecule has 0 radical (unpaired) electrons. The first-order valence-corrected chi connectivity index (χ1v) is 4.90. The van der Waals surface area contributed by atoms with Crippen LogP contribution in [0.5, 0.6) is 0 Å². The van der Waals surface area contributed by atoms with Gasteiger partial charge in [-0.05, 0) is 24.5 Å². The van der Waals surface area contributed by atoms with E-state index in [4.69, 9.17) is 0 Å². The fourth-order valence-electron chi connectivity index (χ4n) is 0.413. The molecule has 0 aliphatic carbocycles. The maximum absolute atomic E-state index is 4.15. The second-order valence-corrected chi connectivity index (χ2v) is 3.33. The highest BCUT2D eigenvalue weighted by atomic mass is 32.1. The first-order chi connectivity index (χ1) is 3.31. The standard InChI is InChI=1S/C5H13PS/c1-5(4-7)3-6-2/h5-7H,3-4H2,1-2H3. The van der Waals surface area contributed by atoms with Gasteiger partial charge in [-0.2, -0.15) is 12.6 Å². The maximum atomic E-state index is 4.15. The predicted octanol–water partition coefficient (Wildman–Crippen LogP) is 1.86. The van der Waals surface area contributed by atoms with Gasteiger partial charge in [0.05, 0.1) is 0 Å². The Hall–Kier alpha value is 0.780. The molecule has 0 saturated carbocycles.